The van der Waals surface area contributed by atoms with Crippen molar-refractivity contribution in [3.63, 3.8) is 0 Å². The van der Waals surface area contributed by atoms with Crippen molar-refractivity contribution in [1.29, 1.82) is 0 Å². The van der Waals surface area contributed by atoms with Gasteiger partial charge in [0.25, 0.3) is 5.91 Å². The van der Waals surface area contributed by atoms with Crippen molar-refractivity contribution in [1.82, 2.24) is 5.32 Å². The van der Waals surface area contributed by atoms with Crippen molar-refractivity contribution in [3.8, 4) is 17.2 Å². The molecule has 0 bridgehead atoms. The minimum absolute atomic E-state index is 0.254. The van der Waals surface area contributed by atoms with Crippen LogP contribution in [-0.4, -0.2) is 44.8 Å². The van der Waals surface area contributed by atoms with Crippen LogP contribution in [0.4, 0.5) is 0 Å². The normalized spacial score (nSPS) is 15.1. The van der Waals surface area contributed by atoms with E-state index in [4.69, 9.17) is 18.9 Å². The number of esters is 1. The lowest BCUT2D eigenvalue weighted by molar-refractivity contribution is -0.143. The molecule has 2 aromatic rings. The zero-order chi connectivity index (χ0) is 19.8. The summed E-state index contributed by atoms with van der Waals surface area (Å²) in [4.78, 5) is 23.6. The van der Waals surface area contributed by atoms with Crippen LogP contribution in [0.3, 0.4) is 0 Å². The summed E-state index contributed by atoms with van der Waals surface area (Å²) in [5, 5.41) is 2.67. The number of carbonyl (C=O) groups excluding carboxylic acids is 2. The zero-order valence-electron chi connectivity index (χ0n) is 15.4. The number of rotatable bonds is 7. The number of methoxy groups -OCH3 is 1. The fourth-order valence-corrected chi connectivity index (χ4v) is 2.54. The number of amides is 1. The summed E-state index contributed by atoms with van der Waals surface area (Å²) < 4.78 is 21.4. The van der Waals surface area contributed by atoms with Gasteiger partial charge in [-0.3, -0.25) is 4.79 Å². The summed E-state index contributed by atoms with van der Waals surface area (Å²) in [7, 11) is 1.57. The quantitative estimate of drug-likeness (QED) is 0.583. The average Bonchev–Trinajstić information content (AvgIpc) is 2.74. The summed E-state index contributed by atoms with van der Waals surface area (Å²) in [5.74, 6) is 0.991. The first-order valence-corrected chi connectivity index (χ1v) is 8.78. The first-order valence-electron chi connectivity index (χ1n) is 8.78. The van der Waals surface area contributed by atoms with Crippen LogP contribution in [0.25, 0.3) is 6.08 Å². The van der Waals surface area contributed by atoms with Gasteiger partial charge in [0, 0.05) is 6.08 Å². The molecule has 1 unspecified atom stereocenters. The molecule has 0 saturated heterocycles. The minimum atomic E-state index is -0.607. The molecule has 1 aliphatic rings. The number of fused-ring (bicyclic) bond motifs is 1. The van der Waals surface area contributed by atoms with E-state index in [1.54, 1.807) is 31.4 Å². The van der Waals surface area contributed by atoms with Gasteiger partial charge in [0.2, 0.25) is 0 Å². The predicted molar refractivity (Wildman–Crippen MR) is 102 cm³/mol. The van der Waals surface area contributed by atoms with Crippen molar-refractivity contribution >= 4 is 18.0 Å². The fraction of sp³-hybridized carbons (Fsp3) is 0.238. The van der Waals surface area contributed by atoms with Crippen LogP contribution in [0.15, 0.2) is 54.6 Å². The smallest absolute Gasteiger partial charge is 0.331 e. The Bertz CT molecular complexity index is 863. The van der Waals surface area contributed by atoms with Crippen LogP contribution in [0.5, 0.6) is 17.2 Å². The van der Waals surface area contributed by atoms with Gasteiger partial charge in [-0.25, -0.2) is 4.79 Å². The topological polar surface area (TPSA) is 83.1 Å². The molecular weight excluding hydrogens is 362 g/mol. The predicted octanol–water partition coefficient (Wildman–Crippen LogP) is 2.21. The third-order valence-electron chi connectivity index (χ3n) is 3.95. The fourth-order valence-electron chi connectivity index (χ4n) is 2.54. The van der Waals surface area contributed by atoms with E-state index in [0.717, 1.165) is 5.56 Å². The molecule has 1 aliphatic heterocycles. The van der Waals surface area contributed by atoms with E-state index < -0.39 is 11.9 Å². The van der Waals surface area contributed by atoms with E-state index in [1.807, 2.05) is 30.3 Å². The van der Waals surface area contributed by atoms with E-state index in [2.05, 4.69) is 5.32 Å². The van der Waals surface area contributed by atoms with Gasteiger partial charge in [0.15, 0.2) is 18.1 Å². The summed E-state index contributed by atoms with van der Waals surface area (Å²) in [6.45, 7) is 0.218. The molecule has 1 amide bonds. The Morgan fingerprint density at radius 1 is 1.18 bits per heavy atom. The average molecular weight is 383 g/mol. The molecule has 3 rings (SSSR count). The van der Waals surface area contributed by atoms with Gasteiger partial charge in [-0.1, -0.05) is 24.3 Å². The summed E-state index contributed by atoms with van der Waals surface area (Å²) in [6.07, 6.45) is 2.55. The maximum absolute atomic E-state index is 11.9. The molecule has 1 heterocycles. The van der Waals surface area contributed by atoms with Gasteiger partial charge in [0.1, 0.15) is 18.5 Å². The second-order valence-electron chi connectivity index (χ2n) is 6.02. The number of ether oxygens (including phenoxy) is 4. The van der Waals surface area contributed by atoms with Crippen molar-refractivity contribution in [3.05, 3.63) is 60.2 Å². The van der Waals surface area contributed by atoms with Crippen molar-refractivity contribution in [2.75, 3.05) is 26.9 Å². The lowest BCUT2D eigenvalue weighted by Gasteiger charge is -2.26. The molecule has 7 nitrogen and oxygen atoms in total. The molecule has 0 fully saturated rings. The third kappa shape index (κ3) is 5.51. The highest BCUT2D eigenvalue weighted by molar-refractivity contribution is 5.89. The molecule has 0 saturated carbocycles. The molecule has 1 atom stereocenters. The Balaban J connectivity index is 1.38. The molecule has 2 aromatic carbocycles. The maximum Gasteiger partial charge on any atom is 0.331 e. The van der Waals surface area contributed by atoms with E-state index in [0.29, 0.717) is 23.9 Å². The minimum Gasteiger partial charge on any atom is -0.497 e. The largest absolute Gasteiger partial charge is 0.497 e. The number of carbonyl (C=O) groups is 2. The van der Waals surface area contributed by atoms with E-state index in [-0.39, 0.29) is 19.3 Å². The third-order valence-corrected chi connectivity index (χ3v) is 3.95. The van der Waals surface area contributed by atoms with Crippen LogP contribution in [0.2, 0.25) is 0 Å². The Labute approximate surface area is 162 Å². The number of para-hydroxylation sites is 2. The molecule has 146 valence electrons. The van der Waals surface area contributed by atoms with Crippen LogP contribution >= 0.6 is 0 Å². The molecule has 1 N–H and O–H groups in total. The Hall–Kier alpha value is -3.48. The van der Waals surface area contributed by atoms with Crippen molar-refractivity contribution < 1.29 is 28.5 Å². The lowest BCUT2D eigenvalue weighted by Crippen LogP contribution is -2.42. The van der Waals surface area contributed by atoms with Gasteiger partial charge in [-0.2, -0.15) is 0 Å². The highest BCUT2D eigenvalue weighted by atomic mass is 16.6. The number of nitrogens with one attached hydrogen (secondary N) is 1. The van der Waals surface area contributed by atoms with Crippen LogP contribution < -0.4 is 19.5 Å². The zero-order valence-corrected chi connectivity index (χ0v) is 15.4. The second-order valence-corrected chi connectivity index (χ2v) is 6.02. The van der Waals surface area contributed by atoms with Crippen molar-refractivity contribution in [2.45, 2.75) is 6.10 Å². The summed E-state index contributed by atoms with van der Waals surface area (Å²) in [6, 6.07) is 14.6. The molecule has 28 heavy (non-hydrogen) atoms. The molecule has 0 radical (unpaired) electrons. The SMILES string of the molecule is COc1cccc(/C=C/C(=O)OCC(=O)NCC2COc3ccccc3O2)c1. The maximum atomic E-state index is 11.9. The number of hydrogen-bond donors (Lipinski definition) is 1. The van der Waals surface area contributed by atoms with Crippen LogP contribution in [0.1, 0.15) is 5.56 Å². The van der Waals surface area contributed by atoms with Crippen LogP contribution in [0, 0.1) is 0 Å². The van der Waals surface area contributed by atoms with E-state index in [9.17, 15) is 9.59 Å². The first-order chi connectivity index (χ1) is 13.6. The second kappa shape index (κ2) is 9.45. The number of benzene rings is 2. The van der Waals surface area contributed by atoms with Gasteiger partial charge in [-0.05, 0) is 35.9 Å². The van der Waals surface area contributed by atoms with Gasteiger partial charge in [-0.15, -0.1) is 0 Å². The molecule has 7 heteroatoms. The van der Waals surface area contributed by atoms with E-state index in [1.165, 1.54) is 6.08 Å². The summed E-state index contributed by atoms with van der Waals surface area (Å²) >= 11 is 0. The van der Waals surface area contributed by atoms with Gasteiger partial charge >= 0.3 is 5.97 Å². The lowest BCUT2D eigenvalue weighted by atomic mass is 10.2. The number of hydrogen-bond acceptors (Lipinski definition) is 6. The Kier molecular flexibility index (Phi) is 6.51. The standard InChI is InChI=1S/C21H21NO6/c1-25-16-6-4-5-15(11-16)9-10-21(24)27-14-20(23)22-12-17-13-26-18-7-2-3-8-19(18)28-17/h2-11,17H,12-14H2,1H3,(H,22,23)/b10-9+. The van der Waals surface area contributed by atoms with Crippen LogP contribution in [-0.2, 0) is 14.3 Å². The summed E-state index contributed by atoms with van der Waals surface area (Å²) in [5.41, 5.74) is 0.787. The Morgan fingerprint density at radius 2 is 2.00 bits per heavy atom. The monoisotopic (exact) mass is 383 g/mol. The van der Waals surface area contributed by atoms with Gasteiger partial charge < -0.3 is 24.3 Å². The highest BCUT2D eigenvalue weighted by Crippen LogP contribution is 2.30. The Morgan fingerprint density at radius 3 is 2.82 bits per heavy atom. The molecule has 0 spiro atoms. The first kappa shape index (κ1) is 19.3. The van der Waals surface area contributed by atoms with Gasteiger partial charge in [0.05, 0.1) is 13.7 Å². The molecule has 0 aliphatic carbocycles. The molecule has 0 aromatic heterocycles. The molecular formula is C21H21NO6. The van der Waals surface area contributed by atoms with E-state index >= 15 is 0 Å². The highest BCUT2D eigenvalue weighted by Gasteiger charge is 2.21. The van der Waals surface area contributed by atoms with Crippen molar-refractivity contribution in [2.24, 2.45) is 0 Å².